The van der Waals surface area contributed by atoms with E-state index in [-0.39, 0.29) is 11.6 Å². The van der Waals surface area contributed by atoms with Gasteiger partial charge in [-0.15, -0.1) is 0 Å². The Kier molecular flexibility index (Phi) is 5.52. The van der Waals surface area contributed by atoms with Crippen molar-refractivity contribution in [2.45, 2.75) is 0 Å². The molecular weight excluding hydrogens is 366 g/mol. The molecule has 25 heavy (non-hydrogen) atoms. The van der Waals surface area contributed by atoms with Crippen LogP contribution in [0, 0.1) is 10.1 Å². The van der Waals surface area contributed by atoms with Gasteiger partial charge in [0.2, 0.25) is 0 Å². The molecule has 1 amide bonds. The summed E-state index contributed by atoms with van der Waals surface area (Å²) in [6.45, 7) is 2.65. The number of aliphatic imine (C=N–C) groups is 1. The van der Waals surface area contributed by atoms with E-state index in [1.165, 1.54) is 23.9 Å². The number of halogens is 1. The topological polar surface area (TPSA) is 85.0 Å². The first-order valence-electron chi connectivity index (χ1n) is 7.50. The summed E-state index contributed by atoms with van der Waals surface area (Å²) in [6, 6.07) is 5.99. The number of nitro groups is 1. The van der Waals surface area contributed by atoms with Crippen molar-refractivity contribution in [1.82, 2.24) is 4.90 Å². The van der Waals surface area contributed by atoms with Crippen LogP contribution in [0.25, 0.3) is 6.08 Å². The minimum absolute atomic E-state index is 0.0108. The molecule has 3 rings (SSSR count). The first-order chi connectivity index (χ1) is 12.0. The lowest BCUT2D eigenvalue weighted by molar-refractivity contribution is -0.384. The quantitative estimate of drug-likeness (QED) is 0.456. The monoisotopic (exact) mass is 379 g/mol. The van der Waals surface area contributed by atoms with Gasteiger partial charge in [-0.1, -0.05) is 11.6 Å². The molecule has 0 bridgehead atoms. The molecule has 0 aliphatic carbocycles. The third-order valence-corrected chi connectivity index (χ3v) is 4.83. The highest BCUT2D eigenvalue weighted by Gasteiger charge is 2.27. The number of amides is 1. The van der Waals surface area contributed by atoms with Gasteiger partial charge in [0.25, 0.3) is 11.6 Å². The molecule has 0 aromatic heterocycles. The number of amidine groups is 1. The largest absolute Gasteiger partial charge is 0.378 e. The summed E-state index contributed by atoms with van der Waals surface area (Å²) in [4.78, 5) is 28.8. The first-order valence-corrected chi connectivity index (χ1v) is 8.69. The van der Waals surface area contributed by atoms with E-state index in [2.05, 4.69) is 4.99 Å². The van der Waals surface area contributed by atoms with Crippen LogP contribution < -0.4 is 0 Å². The van der Waals surface area contributed by atoms with Crippen molar-refractivity contribution < 1.29 is 14.5 Å². The maximum atomic E-state index is 12.0. The molecule has 2 aliphatic rings. The molecule has 7 nitrogen and oxygen atoms in total. The Balaban J connectivity index is 1.69. The predicted molar refractivity (Wildman–Crippen MR) is 97.4 cm³/mol. The molecule has 1 aromatic rings. The third kappa shape index (κ3) is 4.47. The van der Waals surface area contributed by atoms with Gasteiger partial charge >= 0.3 is 0 Å². The Morgan fingerprint density at radius 3 is 2.64 bits per heavy atom. The van der Waals surface area contributed by atoms with E-state index in [9.17, 15) is 14.9 Å². The molecular formula is C16H14ClN3O4S. The van der Waals surface area contributed by atoms with E-state index in [0.717, 1.165) is 0 Å². The van der Waals surface area contributed by atoms with Crippen LogP contribution in [-0.2, 0) is 9.53 Å². The number of carbonyl (C=O) groups excluding carboxylic acids is 1. The maximum absolute atomic E-state index is 12.0. The fourth-order valence-corrected chi connectivity index (χ4v) is 3.56. The SMILES string of the molecule is O=C1N=C(N2CCOCC2)S/C1=C\C(Cl)=C\c1ccc([N+](=O)[O-])cc1. The molecule has 2 aliphatic heterocycles. The molecule has 9 heteroatoms. The van der Waals surface area contributed by atoms with Crippen molar-refractivity contribution in [1.29, 1.82) is 0 Å². The molecule has 0 spiro atoms. The molecule has 1 aromatic carbocycles. The van der Waals surface area contributed by atoms with E-state index in [4.69, 9.17) is 16.3 Å². The summed E-state index contributed by atoms with van der Waals surface area (Å²) >= 11 is 7.49. The molecule has 1 saturated heterocycles. The first kappa shape index (κ1) is 17.7. The predicted octanol–water partition coefficient (Wildman–Crippen LogP) is 3.02. The van der Waals surface area contributed by atoms with Crippen molar-refractivity contribution >= 4 is 46.2 Å². The van der Waals surface area contributed by atoms with Gasteiger partial charge in [0, 0.05) is 30.3 Å². The van der Waals surface area contributed by atoms with Crippen LogP contribution in [0.15, 0.2) is 45.3 Å². The Labute approximate surface area is 153 Å². The number of ether oxygens (including phenoxy) is 1. The smallest absolute Gasteiger partial charge is 0.286 e. The van der Waals surface area contributed by atoms with E-state index in [1.54, 1.807) is 24.3 Å². The average Bonchev–Trinajstić information content (AvgIpc) is 2.97. The lowest BCUT2D eigenvalue weighted by Gasteiger charge is -2.27. The van der Waals surface area contributed by atoms with Crippen molar-refractivity contribution in [3.05, 3.63) is 56.0 Å². The second-order valence-electron chi connectivity index (χ2n) is 5.29. The van der Waals surface area contributed by atoms with Gasteiger partial charge in [0.15, 0.2) is 5.17 Å². The van der Waals surface area contributed by atoms with Crippen LogP contribution in [0.3, 0.4) is 0 Å². The van der Waals surface area contributed by atoms with Gasteiger partial charge < -0.3 is 9.64 Å². The second kappa shape index (κ2) is 7.81. The summed E-state index contributed by atoms with van der Waals surface area (Å²) in [7, 11) is 0. The number of nitro benzene ring substituents is 1. The second-order valence-corrected chi connectivity index (χ2v) is 6.73. The summed E-state index contributed by atoms with van der Waals surface area (Å²) in [5.41, 5.74) is 0.717. The van der Waals surface area contributed by atoms with E-state index >= 15 is 0 Å². The third-order valence-electron chi connectivity index (χ3n) is 3.57. The number of non-ortho nitro benzene ring substituents is 1. The summed E-state index contributed by atoms with van der Waals surface area (Å²) in [6.07, 6.45) is 3.20. The number of hydrogen-bond donors (Lipinski definition) is 0. The normalized spacial score (nSPS) is 20.1. The highest BCUT2D eigenvalue weighted by atomic mass is 35.5. The fourth-order valence-electron chi connectivity index (χ4n) is 2.31. The lowest BCUT2D eigenvalue weighted by Crippen LogP contribution is -2.38. The maximum Gasteiger partial charge on any atom is 0.286 e. The summed E-state index contributed by atoms with van der Waals surface area (Å²) in [5.74, 6) is -0.318. The molecule has 0 N–H and O–H groups in total. The molecule has 130 valence electrons. The Hall–Kier alpha value is -2.16. The van der Waals surface area contributed by atoms with Crippen LogP contribution in [0.1, 0.15) is 5.56 Å². The molecule has 0 radical (unpaired) electrons. The lowest BCUT2D eigenvalue weighted by atomic mass is 10.2. The Morgan fingerprint density at radius 1 is 1.32 bits per heavy atom. The standard InChI is InChI=1S/C16H14ClN3O4S/c17-12(9-11-1-3-13(4-2-11)20(22)23)10-14-15(21)18-16(25-14)19-5-7-24-8-6-19/h1-4,9-10H,5-8H2/b12-9-,14-10-. The molecule has 1 fully saturated rings. The van der Waals surface area contributed by atoms with Gasteiger partial charge in [0.05, 0.1) is 23.0 Å². The highest BCUT2D eigenvalue weighted by molar-refractivity contribution is 8.18. The molecule has 0 unspecified atom stereocenters. The number of thioether (sulfide) groups is 1. The zero-order chi connectivity index (χ0) is 17.8. The van der Waals surface area contributed by atoms with Gasteiger partial charge in [-0.25, -0.2) is 0 Å². The average molecular weight is 380 g/mol. The van der Waals surface area contributed by atoms with E-state index in [0.29, 0.717) is 47.0 Å². The number of hydrogen-bond acceptors (Lipinski definition) is 6. The van der Waals surface area contributed by atoms with Crippen molar-refractivity contribution in [2.24, 2.45) is 4.99 Å². The molecule has 0 atom stereocenters. The molecule has 0 saturated carbocycles. The van der Waals surface area contributed by atoms with Gasteiger partial charge in [-0.3, -0.25) is 14.9 Å². The van der Waals surface area contributed by atoms with E-state index in [1.807, 2.05) is 4.90 Å². The summed E-state index contributed by atoms with van der Waals surface area (Å²) < 4.78 is 5.29. The van der Waals surface area contributed by atoms with Crippen LogP contribution in [0.5, 0.6) is 0 Å². The number of allylic oxidation sites excluding steroid dienone is 2. The van der Waals surface area contributed by atoms with Crippen molar-refractivity contribution in [2.75, 3.05) is 26.3 Å². The zero-order valence-corrected chi connectivity index (χ0v) is 14.6. The van der Waals surface area contributed by atoms with Crippen LogP contribution >= 0.6 is 23.4 Å². The van der Waals surface area contributed by atoms with Crippen molar-refractivity contribution in [3.63, 3.8) is 0 Å². The number of nitrogens with zero attached hydrogens (tertiary/aromatic N) is 3. The number of morpholine rings is 1. The van der Waals surface area contributed by atoms with Crippen LogP contribution in [-0.4, -0.2) is 47.2 Å². The molecule has 2 heterocycles. The van der Waals surface area contributed by atoms with Gasteiger partial charge in [-0.05, 0) is 41.6 Å². The number of rotatable bonds is 3. The Bertz CT molecular complexity index is 783. The fraction of sp³-hybridized carbons (Fsp3) is 0.250. The van der Waals surface area contributed by atoms with Gasteiger partial charge in [-0.2, -0.15) is 4.99 Å². The van der Waals surface area contributed by atoms with Crippen LogP contribution in [0.4, 0.5) is 5.69 Å². The summed E-state index contributed by atoms with van der Waals surface area (Å²) in [5, 5.41) is 11.7. The zero-order valence-electron chi connectivity index (χ0n) is 13.1. The van der Waals surface area contributed by atoms with Crippen molar-refractivity contribution in [3.8, 4) is 0 Å². The number of carbonyl (C=O) groups is 1. The minimum atomic E-state index is -0.463. The van der Waals surface area contributed by atoms with Crippen LogP contribution in [0.2, 0.25) is 0 Å². The highest BCUT2D eigenvalue weighted by Crippen LogP contribution is 2.30. The van der Waals surface area contributed by atoms with Gasteiger partial charge in [0.1, 0.15) is 0 Å². The number of benzene rings is 1. The van der Waals surface area contributed by atoms with E-state index < -0.39 is 4.92 Å². The minimum Gasteiger partial charge on any atom is -0.378 e. The Morgan fingerprint density at radius 2 is 2.00 bits per heavy atom.